The van der Waals surface area contributed by atoms with Crippen LogP contribution in [0.4, 0.5) is 5.69 Å². The molecule has 3 fully saturated rings. The summed E-state index contributed by atoms with van der Waals surface area (Å²) in [6.07, 6.45) is 3.28. The van der Waals surface area contributed by atoms with Crippen molar-refractivity contribution in [3.8, 4) is 0 Å². The van der Waals surface area contributed by atoms with E-state index in [9.17, 15) is 24.3 Å². The molecule has 2 N–H and O–H groups in total. The summed E-state index contributed by atoms with van der Waals surface area (Å²) in [6.45, 7) is 12.5. The summed E-state index contributed by atoms with van der Waals surface area (Å²) >= 11 is 6.63. The predicted octanol–water partition coefficient (Wildman–Crippen LogP) is 4.68. The fraction of sp³-hybridized carbons (Fsp3) is 0.459. The third-order valence-corrected chi connectivity index (χ3v) is 10.1. The predicted molar refractivity (Wildman–Crippen MR) is 182 cm³/mol. The molecule has 3 aliphatic rings. The van der Waals surface area contributed by atoms with E-state index in [1.165, 1.54) is 9.80 Å². The van der Waals surface area contributed by atoms with Crippen LogP contribution in [0.25, 0.3) is 0 Å². The number of nitrogens with zero attached hydrogens (tertiary/aromatic N) is 2. The molecule has 10 nitrogen and oxygen atoms in total. The lowest BCUT2D eigenvalue weighted by Gasteiger charge is -2.39. The maximum absolute atomic E-state index is 14.7. The van der Waals surface area contributed by atoms with Gasteiger partial charge in [0.2, 0.25) is 11.8 Å². The molecule has 0 aromatic heterocycles. The van der Waals surface area contributed by atoms with E-state index in [4.69, 9.17) is 21.1 Å². The molecule has 2 aromatic carbocycles. The topological polar surface area (TPSA) is 125 Å². The van der Waals surface area contributed by atoms with Gasteiger partial charge in [-0.2, -0.15) is 0 Å². The number of benzene rings is 2. The van der Waals surface area contributed by atoms with E-state index < -0.39 is 72.2 Å². The first-order valence-corrected chi connectivity index (χ1v) is 16.8. The molecular formula is C37H44ClN3O7. The van der Waals surface area contributed by atoms with E-state index in [-0.39, 0.29) is 18.9 Å². The number of aliphatic hydroxyl groups excluding tert-OH is 1. The lowest BCUT2D eigenvalue weighted by atomic mass is 9.70. The van der Waals surface area contributed by atoms with Gasteiger partial charge in [-0.1, -0.05) is 66.2 Å². The Morgan fingerprint density at radius 1 is 1.17 bits per heavy atom. The van der Waals surface area contributed by atoms with Gasteiger partial charge in [0.25, 0.3) is 5.91 Å². The van der Waals surface area contributed by atoms with E-state index in [1.54, 1.807) is 38.1 Å². The normalized spacial score (nSPS) is 25.9. The number of para-hydroxylation sites is 1. The van der Waals surface area contributed by atoms with Crippen molar-refractivity contribution in [3.05, 3.63) is 90.0 Å². The largest absolute Gasteiger partial charge is 0.455 e. The van der Waals surface area contributed by atoms with Crippen LogP contribution < -0.4 is 10.2 Å². The summed E-state index contributed by atoms with van der Waals surface area (Å²) in [4.78, 5) is 58.9. The SMILES string of the molecule is C=CCCC(=O)N[C@H](C)[C@@H](OC(=O)[C@@H]1[C@@H]2CC[C@]3(O2)[C@H](C(=O)N(CC=C)c2c(C)cccc2Cl)N([C@H](C)CO)C(=O)[C@@H]13)c1ccccc1. The molecule has 2 aromatic rings. The minimum atomic E-state index is -1.33. The van der Waals surface area contributed by atoms with Gasteiger partial charge in [0, 0.05) is 13.0 Å². The number of esters is 1. The molecule has 2 bridgehead atoms. The molecule has 3 saturated heterocycles. The minimum absolute atomic E-state index is 0.111. The maximum atomic E-state index is 14.7. The highest BCUT2D eigenvalue weighted by atomic mass is 35.5. The van der Waals surface area contributed by atoms with E-state index in [1.807, 2.05) is 43.3 Å². The molecule has 11 heteroatoms. The summed E-state index contributed by atoms with van der Waals surface area (Å²) in [5.41, 5.74) is 0.602. The highest BCUT2D eigenvalue weighted by molar-refractivity contribution is 6.34. The number of allylic oxidation sites excluding steroid dienone is 1. The number of aryl methyl sites for hydroxylation is 1. The number of hydrogen-bond acceptors (Lipinski definition) is 7. The monoisotopic (exact) mass is 677 g/mol. The van der Waals surface area contributed by atoms with Crippen LogP contribution in [0.5, 0.6) is 0 Å². The standard InChI is InChI=1S/C37H44ClN3O7/c1-6-8-17-28(43)39-24(5)32(25-14-10-9-11-15-25)47-36(46)29-27-18-19-37(48-27)30(29)34(44)41(23(4)21-42)33(37)35(45)40(20-7-2)31-22(3)13-12-16-26(31)38/h6-7,9-16,23-24,27,29-30,32-33,42H,1-2,8,17-21H2,3-5H3,(H,39,43)/t23-,24-,27+,29-,30-,32-,33+,37-/m1/s1. The number of fused-ring (bicyclic) bond motifs is 1. The quantitative estimate of drug-likeness (QED) is 0.220. The Labute approximate surface area is 286 Å². The van der Waals surface area contributed by atoms with Crippen LogP contribution in [0.2, 0.25) is 5.02 Å². The van der Waals surface area contributed by atoms with Gasteiger partial charge in [-0.25, -0.2) is 0 Å². The smallest absolute Gasteiger partial charge is 0.313 e. The van der Waals surface area contributed by atoms with Crippen molar-refractivity contribution >= 4 is 41.0 Å². The number of carbonyl (C=O) groups is 4. The van der Waals surface area contributed by atoms with Crippen molar-refractivity contribution in [2.75, 3.05) is 18.1 Å². The van der Waals surface area contributed by atoms with Crippen LogP contribution in [0.15, 0.2) is 73.8 Å². The molecular weight excluding hydrogens is 634 g/mol. The summed E-state index contributed by atoms with van der Waals surface area (Å²) in [6, 6.07) is 12.0. The second-order valence-electron chi connectivity index (χ2n) is 12.9. The molecule has 48 heavy (non-hydrogen) atoms. The highest BCUT2D eigenvalue weighted by Gasteiger charge is 2.75. The Morgan fingerprint density at radius 3 is 2.54 bits per heavy atom. The fourth-order valence-electron chi connectivity index (χ4n) is 7.67. The van der Waals surface area contributed by atoms with Gasteiger partial charge < -0.3 is 29.7 Å². The number of likely N-dealkylation sites (tertiary alicyclic amines) is 1. The molecule has 5 rings (SSSR count). The van der Waals surface area contributed by atoms with Crippen molar-refractivity contribution in [1.29, 1.82) is 0 Å². The second-order valence-corrected chi connectivity index (χ2v) is 13.3. The van der Waals surface area contributed by atoms with Gasteiger partial charge >= 0.3 is 5.97 Å². The molecule has 3 aliphatic heterocycles. The number of nitrogens with one attached hydrogen (secondary N) is 1. The Balaban J connectivity index is 1.50. The summed E-state index contributed by atoms with van der Waals surface area (Å²) in [5.74, 6) is -3.75. The van der Waals surface area contributed by atoms with Gasteiger partial charge in [-0.15, -0.1) is 13.2 Å². The Hall–Kier alpha value is -3.99. The Kier molecular flexibility index (Phi) is 10.8. The number of hydrogen-bond donors (Lipinski definition) is 2. The van der Waals surface area contributed by atoms with Crippen LogP contribution in [-0.2, 0) is 28.7 Å². The molecule has 3 amide bonds. The molecule has 1 spiro atoms. The molecule has 3 heterocycles. The lowest BCUT2D eigenvalue weighted by molar-refractivity contribution is -0.162. The Bertz CT molecular complexity index is 1550. The fourth-order valence-corrected chi connectivity index (χ4v) is 8.00. The van der Waals surface area contributed by atoms with E-state index in [0.717, 1.165) is 5.56 Å². The van der Waals surface area contributed by atoms with Crippen LogP contribution in [-0.4, -0.2) is 76.7 Å². The van der Waals surface area contributed by atoms with Crippen molar-refractivity contribution in [1.82, 2.24) is 10.2 Å². The summed E-state index contributed by atoms with van der Waals surface area (Å²) in [5, 5.41) is 13.6. The van der Waals surface area contributed by atoms with Crippen molar-refractivity contribution in [3.63, 3.8) is 0 Å². The molecule has 8 atom stereocenters. The van der Waals surface area contributed by atoms with Crippen molar-refractivity contribution < 1.29 is 33.8 Å². The van der Waals surface area contributed by atoms with Crippen LogP contribution >= 0.6 is 11.6 Å². The van der Waals surface area contributed by atoms with Crippen LogP contribution in [0, 0.1) is 18.8 Å². The van der Waals surface area contributed by atoms with Crippen LogP contribution in [0.3, 0.4) is 0 Å². The number of anilines is 1. The van der Waals surface area contributed by atoms with Gasteiger partial charge in [0.1, 0.15) is 17.7 Å². The Morgan fingerprint density at radius 2 is 1.90 bits per heavy atom. The molecule has 0 unspecified atom stereocenters. The second kappa shape index (κ2) is 14.6. The first-order valence-electron chi connectivity index (χ1n) is 16.4. The van der Waals surface area contributed by atoms with Crippen molar-refractivity contribution in [2.45, 2.75) is 82.4 Å². The van der Waals surface area contributed by atoms with E-state index >= 15 is 0 Å². The third kappa shape index (κ3) is 6.29. The average Bonchev–Trinajstić information content (AvgIpc) is 3.72. The minimum Gasteiger partial charge on any atom is -0.455 e. The van der Waals surface area contributed by atoms with Gasteiger partial charge in [-0.3, -0.25) is 19.2 Å². The molecule has 0 radical (unpaired) electrons. The van der Waals surface area contributed by atoms with E-state index in [2.05, 4.69) is 18.5 Å². The summed E-state index contributed by atoms with van der Waals surface area (Å²) in [7, 11) is 0. The molecule has 0 aliphatic carbocycles. The van der Waals surface area contributed by atoms with Gasteiger partial charge in [0.15, 0.2) is 0 Å². The highest BCUT2D eigenvalue weighted by Crippen LogP contribution is 2.59. The van der Waals surface area contributed by atoms with Crippen LogP contribution in [0.1, 0.15) is 56.8 Å². The van der Waals surface area contributed by atoms with Gasteiger partial charge in [-0.05, 0) is 57.2 Å². The number of carbonyl (C=O) groups excluding carboxylic acids is 4. The summed E-state index contributed by atoms with van der Waals surface area (Å²) < 4.78 is 12.8. The number of aliphatic hydroxyl groups is 1. The number of amides is 3. The molecule has 0 saturated carbocycles. The number of ether oxygens (including phenoxy) is 2. The zero-order valence-electron chi connectivity index (χ0n) is 27.6. The molecule has 256 valence electrons. The average molecular weight is 678 g/mol. The van der Waals surface area contributed by atoms with Crippen molar-refractivity contribution in [2.24, 2.45) is 11.8 Å². The number of halogens is 1. The maximum Gasteiger partial charge on any atom is 0.313 e. The zero-order chi connectivity index (χ0) is 34.7. The van der Waals surface area contributed by atoms with E-state index in [0.29, 0.717) is 35.5 Å². The third-order valence-electron chi connectivity index (χ3n) is 9.81. The first kappa shape index (κ1) is 35.3. The van der Waals surface area contributed by atoms with Gasteiger partial charge in [0.05, 0.1) is 47.3 Å². The zero-order valence-corrected chi connectivity index (χ0v) is 28.4. The first-order chi connectivity index (χ1) is 23.0. The number of rotatable bonds is 14. The lowest BCUT2D eigenvalue weighted by Crippen LogP contribution is -2.58.